The van der Waals surface area contributed by atoms with E-state index >= 15 is 0 Å². The molecule has 1 fully saturated rings. The fourth-order valence-corrected chi connectivity index (χ4v) is 3.02. The third kappa shape index (κ3) is 6.74. The normalized spacial score (nSPS) is 27.6. The maximum atomic E-state index is 11.2. The van der Waals surface area contributed by atoms with Crippen LogP contribution in [0.1, 0.15) is 85.0 Å². The highest BCUT2D eigenvalue weighted by Gasteiger charge is 2.28. The van der Waals surface area contributed by atoms with Crippen LogP contribution in [0.5, 0.6) is 0 Å². The average Bonchev–Trinajstić information content (AvgIpc) is 2.40. The summed E-state index contributed by atoms with van der Waals surface area (Å²) >= 11 is 0. The van der Waals surface area contributed by atoms with Gasteiger partial charge in [0.2, 0.25) is 0 Å². The van der Waals surface area contributed by atoms with Crippen LogP contribution in [0.25, 0.3) is 0 Å². The molecule has 3 heteroatoms. The molecule has 0 aliphatic carbocycles. The zero-order valence-corrected chi connectivity index (χ0v) is 13.5. The van der Waals surface area contributed by atoms with E-state index in [-0.39, 0.29) is 18.2 Å². The summed E-state index contributed by atoms with van der Waals surface area (Å²) in [4.78, 5) is 11.2. The summed E-state index contributed by atoms with van der Waals surface area (Å²) in [5.41, 5.74) is 0. The Labute approximate surface area is 124 Å². The summed E-state index contributed by atoms with van der Waals surface area (Å²) in [5, 5.41) is 0. The SMILES string of the molecule is CCCCCC[C@H]1CCCC[C@@H](OC(C)=O)[C@@H](CC)O1. The molecule has 1 aliphatic heterocycles. The van der Waals surface area contributed by atoms with E-state index in [1.54, 1.807) is 0 Å². The van der Waals surface area contributed by atoms with Gasteiger partial charge in [0, 0.05) is 6.92 Å². The molecule has 0 aromatic carbocycles. The second-order valence-electron chi connectivity index (χ2n) is 5.99. The van der Waals surface area contributed by atoms with Crippen LogP contribution < -0.4 is 0 Å². The van der Waals surface area contributed by atoms with Crippen LogP contribution in [0.2, 0.25) is 0 Å². The van der Waals surface area contributed by atoms with Gasteiger partial charge < -0.3 is 9.47 Å². The number of esters is 1. The molecule has 0 bridgehead atoms. The Kier molecular flexibility index (Phi) is 8.92. The van der Waals surface area contributed by atoms with Crippen LogP contribution in [0.15, 0.2) is 0 Å². The van der Waals surface area contributed by atoms with Gasteiger partial charge in [0.1, 0.15) is 6.10 Å². The van der Waals surface area contributed by atoms with Crippen LogP contribution in [0.4, 0.5) is 0 Å². The Morgan fingerprint density at radius 2 is 1.90 bits per heavy atom. The predicted molar refractivity (Wildman–Crippen MR) is 81.7 cm³/mol. The van der Waals surface area contributed by atoms with Crippen molar-refractivity contribution < 1.29 is 14.3 Å². The Bertz CT molecular complexity index is 265. The molecule has 0 radical (unpaired) electrons. The van der Waals surface area contributed by atoms with E-state index < -0.39 is 0 Å². The lowest BCUT2D eigenvalue weighted by Crippen LogP contribution is -2.37. The molecule has 118 valence electrons. The highest BCUT2D eigenvalue weighted by Crippen LogP contribution is 2.25. The molecule has 0 unspecified atom stereocenters. The van der Waals surface area contributed by atoms with Gasteiger partial charge in [0.05, 0.1) is 12.2 Å². The summed E-state index contributed by atoms with van der Waals surface area (Å²) in [6.45, 7) is 5.85. The van der Waals surface area contributed by atoms with Gasteiger partial charge in [-0.1, -0.05) is 46.0 Å². The van der Waals surface area contributed by atoms with E-state index in [0.717, 1.165) is 32.1 Å². The van der Waals surface area contributed by atoms with Gasteiger partial charge >= 0.3 is 5.97 Å². The van der Waals surface area contributed by atoms with E-state index in [1.165, 1.54) is 39.0 Å². The first-order valence-electron chi connectivity index (χ1n) is 8.50. The Morgan fingerprint density at radius 1 is 1.15 bits per heavy atom. The van der Waals surface area contributed by atoms with E-state index in [0.29, 0.717) is 6.10 Å². The minimum Gasteiger partial charge on any atom is -0.460 e. The second kappa shape index (κ2) is 10.2. The minimum atomic E-state index is -0.183. The summed E-state index contributed by atoms with van der Waals surface area (Å²) in [5.74, 6) is -0.183. The zero-order chi connectivity index (χ0) is 14.8. The average molecular weight is 284 g/mol. The molecule has 0 N–H and O–H groups in total. The number of hydrogen-bond donors (Lipinski definition) is 0. The molecule has 0 aromatic rings. The summed E-state index contributed by atoms with van der Waals surface area (Å²) in [6, 6.07) is 0. The number of hydrogen-bond acceptors (Lipinski definition) is 3. The summed E-state index contributed by atoms with van der Waals surface area (Å²) < 4.78 is 11.7. The van der Waals surface area contributed by atoms with Gasteiger partial charge in [-0.15, -0.1) is 0 Å². The standard InChI is InChI=1S/C17H32O3/c1-4-6-7-8-11-15-12-9-10-13-17(19-14(3)18)16(5-2)20-15/h15-17H,4-13H2,1-3H3/t15-,16+,17+/m0/s1. The van der Waals surface area contributed by atoms with Crippen molar-refractivity contribution in [3.05, 3.63) is 0 Å². The predicted octanol–water partition coefficient (Wildman–Crippen LogP) is 4.63. The van der Waals surface area contributed by atoms with Gasteiger partial charge in [-0.05, 0) is 32.1 Å². The molecular formula is C17H32O3. The smallest absolute Gasteiger partial charge is 0.302 e. The quantitative estimate of drug-likeness (QED) is 0.505. The lowest BCUT2D eigenvalue weighted by Gasteiger charge is -2.32. The maximum Gasteiger partial charge on any atom is 0.302 e. The number of carbonyl (C=O) groups is 1. The van der Waals surface area contributed by atoms with E-state index in [9.17, 15) is 4.79 Å². The lowest BCUT2D eigenvalue weighted by molar-refractivity contribution is -0.162. The fraction of sp³-hybridized carbons (Fsp3) is 0.941. The molecule has 3 atom stereocenters. The van der Waals surface area contributed by atoms with Gasteiger partial charge in [-0.25, -0.2) is 0 Å². The number of unbranched alkanes of at least 4 members (excludes halogenated alkanes) is 3. The Balaban J connectivity index is 2.46. The molecule has 1 rings (SSSR count). The van der Waals surface area contributed by atoms with Crippen molar-refractivity contribution in [1.29, 1.82) is 0 Å². The van der Waals surface area contributed by atoms with Crippen molar-refractivity contribution >= 4 is 5.97 Å². The highest BCUT2D eigenvalue weighted by atomic mass is 16.6. The first kappa shape index (κ1) is 17.5. The summed E-state index contributed by atoms with van der Waals surface area (Å²) in [7, 11) is 0. The van der Waals surface area contributed by atoms with E-state index in [2.05, 4.69) is 13.8 Å². The lowest BCUT2D eigenvalue weighted by atomic mass is 9.97. The highest BCUT2D eigenvalue weighted by molar-refractivity contribution is 5.66. The molecule has 0 aromatic heterocycles. The summed E-state index contributed by atoms with van der Waals surface area (Å²) in [6.07, 6.45) is 12.1. The number of carbonyl (C=O) groups excluding carboxylic acids is 1. The monoisotopic (exact) mass is 284 g/mol. The van der Waals surface area contributed by atoms with Crippen molar-refractivity contribution in [2.24, 2.45) is 0 Å². The molecule has 20 heavy (non-hydrogen) atoms. The number of ether oxygens (including phenoxy) is 2. The maximum absolute atomic E-state index is 11.2. The van der Waals surface area contributed by atoms with Crippen LogP contribution >= 0.6 is 0 Å². The molecule has 0 spiro atoms. The molecular weight excluding hydrogens is 252 g/mol. The van der Waals surface area contributed by atoms with Crippen LogP contribution in [0, 0.1) is 0 Å². The minimum absolute atomic E-state index is 0.0454. The third-order valence-electron chi connectivity index (χ3n) is 4.15. The third-order valence-corrected chi connectivity index (χ3v) is 4.15. The van der Waals surface area contributed by atoms with Crippen molar-refractivity contribution in [3.63, 3.8) is 0 Å². The van der Waals surface area contributed by atoms with Crippen molar-refractivity contribution in [2.45, 2.75) is 103 Å². The molecule has 3 nitrogen and oxygen atoms in total. The topological polar surface area (TPSA) is 35.5 Å². The van der Waals surface area contributed by atoms with E-state index in [4.69, 9.17) is 9.47 Å². The molecule has 1 saturated heterocycles. The molecule has 0 saturated carbocycles. The molecule has 1 heterocycles. The first-order chi connectivity index (χ1) is 9.67. The molecule has 0 amide bonds. The fourth-order valence-electron chi connectivity index (χ4n) is 3.02. The van der Waals surface area contributed by atoms with E-state index in [1.807, 2.05) is 0 Å². The Hall–Kier alpha value is -0.570. The van der Waals surface area contributed by atoms with Gasteiger partial charge in [0.15, 0.2) is 0 Å². The first-order valence-corrected chi connectivity index (χ1v) is 8.50. The van der Waals surface area contributed by atoms with Crippen LogP contribution in [-0.2, 0) is 14.3 Å². The van der Waals surface area contributed by atoms with Gasteiger partial charge in [0.25, 0.3) is 0 Å². The van der Waals surface area contributed by atoms with Crippen molar-refractivity contribution in [1.82, 2.24) is 0 Å². The number of rotatable bonds is 7. The van der Waals surface area contributed by atoms with Crippen LogP contribution in [-0.4, -0.2) is 24.3 Å². The van der Waals surface area contributed by atoms with Crippen LogP contribution in [0.3, 0.4) is 0 Å². The molecule has 1 aliphatic rings. The second-order valence-corrected chi connectivity index (χ2v) is 5.99. The van der Waals surface area contributed by atoms with Crippen molar-refractivity contribution in [2.75, 3.05) is 0 Å². The van der Waals surface area contributed by atoms with Crippen molar-refractivity contribution in [3.8, 4) is 0 Å². The Morgan fingerprint density at radius 3 is 2.55 bits per heavy atom. The zero-order valence-electron chi connectivity index (χ0n) is 13.5. The largest absolute Gasteiger partial charge is 0.460 e. The van der Waals surface area contributed by atoms with Gasteiger partial charge in [-0.2, -0.15) is 0 Å². The van der Waals surface area contributed by atoms with Gasteiger partial charge in [-0.3, -0.25) is 4.79 Å².